The molecule has 0 aromatic heterocycles. The second kappa shape index (κ2) is 10.0. The fourth-order valence-electron chi connectivity index (χ4n) is 2.13. The highest BCUT2D eigenvalue weighted by Gasteiger charge is 2.36. The van der Waals surface area contributed by atoms with Crippen molar-refractivity contribution in [3.05, 3.63) is 0 Å². The van der Waals surface area contributed by atoms with Crippen LogP contribution >= 0.6 is 11.8 Å². The van der Waals surface area contributed by atoms with Gasteiger partial charge in [0.15, 0.2) is 6.10 Å². The largest absolute Gasteiger partial charge is 0.481 e. The predicted molar refractivity (Wildman–Crippen MR) is 86.8 cm³/mol. The maximum absolute atomic E-state index is 12.4. The second-order valence-corrected chi connectivity index (χ2v) is 6.77. The maximum atomic E-state index is 12.4. The quantitative estimate of drug-likeness (QED) is 0.479. The number of carbonyl (C=O) groups excluding carboxylic acids is 1. The first-order valence-electron chi connectivity index (χ1n) is 7.28. The third kappa shape index (κ3) is 6.95. The molecule has 0 saturated carbocycles. The van der Waals surface area contributed by atoms with E-state index < -0.39 is 29.7 Å². The molecule has 7 nitrogen and oxygen atoms in total. The third-order valence-corrected chi connectivity index (χ3v) is 4.35. The van der Waals surface area contributed by atoms with Crippen molar-refractivity contribution in [2.24, 2.45) is 5.73 Å². The summed E-state index contributed by atoms with van der Waals surface area (Å²) >= 11 is 1.63. The van der Waals surface area contributed by atoms with Gasteiger partial charge in [0.1, 0.15) is 5.72 Å². The van der Waals surface area contributed by atoms with Crippen LogP contribution in [0, 0.1) is 0 Å². The molecular formula is C14H28N2O5S. The van der Waals surface area contributed by atoms with Crippen molar-refractivity contribution >= 4 is 23.6 Å². The number of rotatable bonds is 11. The average Bonchev–Trinajstić information content (AvgIpc) is 2.38. The number of nitrogens with one attached hydrogen (secondary N) is 1. The van der Waals surface area contributed by atoms with Gasteiger partial charge in [0.05, 0.1) is 12.5 Å². The molecule has 0 aliphatic carbocycles. The highest BCUT2D eigenvalue weighted by molar-refractivity contribution is 7.99. The summed E-state index contributed by atoms with van der Waals surface area (Å²) in [5.74, 6) is -0.664. The monoisotopic (exact) mass is 336 g/mol. The van der Waals surface area contributed by atoms with E-state index in [1.54, 1.807) is 18.7 Å². The number of methoxy groups -OCH3 is 1. The summed E-state index contributed by atoms with van der Waals surface area (Å²) in [6.45, 7) is 7.46. The van der Waals surface area contributed by atoms with Crippen molar-refractivity contribution in [3.8, 4) is 0 Å². The zero-order valence-electron chi connectivity index (χ0n) is 13.9. The molecule has 0 aliphatic rings. The molecule has 22 heavy (non-hydrogen) atoms. The molecule has 4 atom stereocenters. The van der Waals surface area contributed by atoms with Crippen LogP contribution in [0.3, 0.4) is 0 Å². The number of carbonyl (C=O) groups is 2. The average molecular weight is 336 g/mol. The minimum atomic E-state index is -1.30. The minimum Gasteiger partial charge on any atom is -0.481 e. The number of hydrogen-bond donors (Lipinski definition) is 3. The second-order valence-electron chi connectivity index (χ2n) is 5.12. The van der Waals surface area contributed by atoms with Gasteiger partial charge in [0.2, 0.25) is 0 Å². The molecule has 0 radical (unpaired) electrons. The van der Waals surface area contributed by atoms with Gasteiger partial charge in [0.25, 0.3) is 5.91 Å². The molecule has 0 aromatic carbocycles. The van der Waals surface area contributed by atoms with Crippen molar-refractivity contribution < 1.29 is 24.2 Å². The smallest absolute Gasteiger partial charge is 0.308 e. The standard InChI is InChI=1S/C14H28N2O5S/c1-6-21-14(4,8-10(17)18)16-13(19)12(20-5)11(15)9(3)22-7-2/h9,11-12H,6-8,15H2,1-5H3,(H,16,19)(H,17,18)/t9?,11-,12?,14?/m0/s1. The van der Waals surface area contributed by atoms with Crippen LogP contribution in [0.4, 0.5) is 0 Å². The van der Waals surface area contributed by atoms with Gasteiger partial charge in [-0.2, -0.15) is 11.8 Å². The van der Waals surface area contributed by atoms with Crippen LogP contribution in [0.2, 0.25) is 0 Å². The number of carboxylic acids is 1. The molecule has 0 fully saturated rings. The number of ether oxygens (including phenoxy) is 2. The molecule has 130 valence electrons. The van der Waals surface area contributed by atoms with E-state index in [9.17, 15) is 9.59 Å². The Morgan fingerprint density at radius 1 is 1.41 bits per heavy atom. The van der Waals surface area contributed by atoms with Crippen molar-refractivity contribution in [2.75, 3.05) is 19.5 Å². The van der Waals surface area contributed by atoms with Crippen LogP contribution in [-0.4, -0.2) is 59.6 Å². The number of amides is 1. The number of thioether (sulfide) groups is 1. The number of hydrogen-bond acceptors (Lipinski definition) is 6. The molecule has 0 bridgehead atoms. The van der Waals surface area contributed by atoms with Gasteiger partial charge >= 0.3 is 5.97 Å². The molecule has 8 heteroatoms. The molecule has 4 N–H and O–H groups in total. The lowest BCUT2D eigenvalue weighted by Crippen LogP contribution is -2.58. The summed E-state index contributed by atoms with van der Waals surface area (Å²) < 4.78 is 10.6. The molecule has 3 unspecified atom stereocenters. The molecule has 0 rings (SSSR count). The Labute approximate surface area is 136 Å². The molecule has 0 spiro atoms. The minimum absolute atomic E-state index is 0.0264. The first-order chi connectivity index (χ1) is 10.2. The number of aliphatic carboxylic acids is 1. The van der Waals surface area contributed by atoms with Crippen LogP contribution in [-0.2, 0) is 19.1 Å². The molecule has 0 aromatic rings. The Kier molecular flexibility index (Phi) is 9.66. The molecular weight excluding hydrogens is 308 g/mol. The Morgan fingerprint density at radius 2 is 2.00 bits per heavy atom. The van der Waals surface area contributed by atoms with Crippen LogP contribution in [0.25, 0.3) is 0 Å². The van der Waals surface area contributed by atoms with E-state index in [0.29, 0.717) is 0 Å². The normalized spacial score (nSPS) is 18.1. The lowest BCUT2D eigenvalue weighted by atomic mass is 10.1. The van der Waals surface area contributed by atoms with Gasteiger partial charge in [-0.15, -0.1) is 0 Å². The summed E-state index contributed by atoms with van der Waals surface area (Å²) in [6, 6.07) is -0.509. The van der Waals surface area contributed by atoms with Crippen LogP contribution < -0.4 is 11.1 Å². The predicted octanol–water partition coefficient (Wildman–Crippen LogP) is 0.814. The zero-order chi connectivity index (χ0) is 17.3. The fraction of sp³-hybridized carbons (Fsp3) is 0.857. The van der Waals surface area contributed by atoms with Gasteiger partial charge in [0, 0.05) is 19.0 Å². The highest BCUT2D eigenvalue weighted by Crippen LogP contribution is 2.18. The first-order valence-corrected chi connectivity index (χ1v) is 8.33. The highest BCUT2D eigenvalue weighted by atomic mass is 32.2. The van der Waals surface area contributed by atoms with E-state index in [0.717, 1.165) is 5.75 Å². The maximum Gasteiger partial charge on any atom is 0.308 e. The van der Waals surface area contributed by atoms with Crippen molar-refractivity contribution in [3.63, 3.8) is 0 Å². The van der Waals surface area contributed by atoms with Crippen molar-refractivity contribution in [1.82, 2.24) is 5.32 Å². The van der Waals surface area contributed by atoms with Gasteiger partial charge < -0.3 is 25.6 Å². The van der Waals surface area contributed by atoms with Crippen LogP contribution in [0.15, 0.2) is 0 Å². The van der Waals surface area contributed by atoms with Gasteiger partial charge in [-0.05, 0) is 19.6 Å². The molecule has 0 aliphatic heterocycles. The van der Waals surface area contributed by atoms with Gasteiger partial charge in [-0.1, -0.05) is 13.8 Å². The van der Waals surface area contributed by atoms with E-state index in [4.69, 9.17) is 20.3 Å². The van der Waals surface area contributed by atoms with Gasteiger partial charge in [-0.3, -0.25) is 9.59 Å². The van der Waals surface area contributed by atoms with E-state index in [2.05, 4.69) is 5.32 Å². The fourth-order valence-corrected chi connectivity index (χ4v) is 3.02. The number of carboxylic acid groups (broad SMARTS) is 1. The van der Waals surface area contributed by atoms with E-state index in [1.807, 2.05) is 13.8 Å². The Hall–Kier alpha value is -0.830. The zero-order valence-corrected chi connectivity index (χ0v) is 14.7. The van der Waals surface area contributed by atoms with Crippen LogP contribution in [0.1, 0.15) is 34.1 Å². The Balaban J connectivity index is 4.97. The third-order valence-electron chi connectivity index (χ3n) is 3.17. The molecule has 0 saturated heterocycles. The summed E-state index contributed by atoms with van der Waals surface area (Å²) in [7, 11) is 1.41. The topological polar surface area (TPSA) is 111 Å². The summed E-state index contributed by atoms with van der Waals surface area (Å²) in [5, 5.41) is 11.6. The van der Waals surface area contributed by atoms with E-state index in [1.165, 1.54) is 14.0 Å². The molecule has 1 amide bonds. The summed E-state index contributed by atoms with van der Waals surface area (Å²) in [6.07, 6.45) is -1.22. The summed E-state index contributed by atoms with van der Waals surface area (Å²) in [4.78, 5) is 23.3. The van der Waals surface area contributed by atoms with Crippen LogP contribution in [0.5, 0.6) is 0 Å². The van der Waals surface area contributed by atoms with Crippen molar-refractivity contribution in [2.45, 2.75) is 57.2 Å². The Morgan fingerprint density at radius 3 is 2.41 bits per heavy atom. The van der Waals surface area contributed by atoms with E-state index in [-0.39, 0.29) is 18.3 Å². The molecule has 0 heterocycles. The van der Waals surface area contributed by atoms with Gasteiger partial charge in [-0.25, -0.2) is 0 Å². The van der Waals surface area contributed by atoms with Crippen molar-refractivity contribution in [1.29, 1.82) is 0 Å². The SMILES string of the molecule is CCOC(C)(CC(=O)O)NC(=O)C(OC)[C@@H](N)C(C)SCC. The lowest BCUT2D eigenvalue weighted by molar-refractivity contribution is -0.153. The van der Waals surface area contributed by atoms with E-state index >= 15 is 0 Å². The summed E-state index contributed by atoms with van der Waals surface area (Å²) in [5.41, 5.74) is 4.79. The number of nitrogens with two attached hydrogens (primary N) is 1. The first kappa shape index (κ1) is 21.2. The Bertz CT molecular complexity index is 369. The lowest BCUT2D eigenvalue weighted by Gasteiger charge is -2.33.